The minimum atomic E-state index is -1.06. The fourth-order valence-electron chi connectivity index (χ4n) is 9.29. The molecule has 2 amide bonds. The number of halogens is 1. The van der Waals surface area contributed by atoms with E-state index in [0.29, 0.717) is 58.6 Å². The molecule has 16 heteroatoms. The summed E-state index contributed by atoms with van der Waals surface area (Å²) in [7, 11) is 0. The molecule has 2 atom stereocenters. The Morgan fingerprint density at radius 3 is 2.44 bits per heavy atom. The summed E-state index contributed by atoms with van der Waals surface area (Å²) in [6, 6.07) is 16.5. The van der Waals surface area contributed by atoms with Crippen molar-refractivity contribution >= 4 is 51.5 Å². The van der Waals surface area contributed by atoms with Crippen LogP contribution in [0.4, 0.5) is 33.1 Å². The first-order valence-corrected chi connectivity index (χ1v) is 21.3. The zero-order valence-corrected chi connectivity index (χ0v) is 34.4. The Hall–Kier alpha value is -6.13. The zero-order chi connectivity index (χ0) is 42.3. The molecule has 1 unspecified atom stereocenters. The molecule has 9 rings (SSSR count). The summed E-state index contributed by atoms with van der Waals surface area (Å²) < 4.78 is 18.5. The van der Waals surface area contributed by atoms with E-state index in [1.807, 2.05) is 24.3 Å². The zero-order valence-electron chi connectivity index (χ0n) is 34.4. The highest BCUT2D eigenvalue weighted by Gasteiger charge is 2.33. The van der Waals surface area contributed by atoms with Crippen molar-refractivity contribution in [2.45, 2.75) is 70.1 Å². The Morgan fingerprint density at radius 2 is 1.70 bits per heavy atom. The van der Waals surface area contributed by atoms with Crippen LogP contribution in [-0.2, 0) is 28.2 Å². The van der Waals surface area contributed by atoms with Crippen LogP contribution in [0.15, 0.2) is 78.2 Å². The van der Waals surface area contributed by atoms with Crippen molar-refractivity contribution in [3.63, 3.8) is 0 Å². The lowest BCUT2D eigenvalue weighted by Gasteiger charge is -2.40. The van der Waals surface area contributed by atoms with Gasteiger partial charge < -0.3 is 25.5 Å². The number of aryl methyl sites for hydroxylation is 1. The average molecular weight is 830 g/mol. The van der Waals surface area contributed by atoms with Gasteiger partial charge in [-0.25, -0.2) is 23.7 Å². The third kappa shape index (κ3) is 8.33. The summed E-state index contributed by atoms with van der Waals surface area (Å²) in [5, 5.41) is 20.2. The topological polar surface area (TPSA) is 166 Å². The Bertz CT molecular complexity index is 2520. The van der Waals surface area contributed by atoms with Gasteiger partial charge in [-0.15, -0.1) is 6.58 Å². The normalized spacial score (nSPS) is 21.3. The molecule has 3 aromatic heterocycles. The molecule has 318 valence electrons. The fourth-order valence-corrected chi connectivity index (χ4v) is 9.29. The summed E-state index contributed by atoms with van der Waals surface area (Å²) in [5.74, 6) is 0.416. The number of pyridine rings is 1. The SMILES string of the molecule is C=CCn1c(=O)c2cnc(Nc3ccc(N4CCN(CC5CCN(c6ccc(NC7CCC(=O)NC7=O)cc6F)CC5)CC4)cc3)nc2n1-c1ccc2c(n1)[C@](C)(O)CCC2. The van der Waals surface area contributed by atoms with E-state index in [0.717, 1.165) is 88.4 Å². The minimum Gasteiger partial charge on any atom is -0.384 e. The number of anilines is 5. The Kier molecular flexibility index (Phi) is 11.0. The number of nitrogens with zero attached hydrogens (tertiary/aromatic N) is 8. The highest BCUT2D eigenvalue weighted by Crippen LogP contribution is 2.35. The standard InChI is InChI=1S/C45H52FN11O4/c1-3-19-56-43(60)34-27-47-44(52-41(34)57(56)38-14-6-30-5-4-18-45(2,61)40(30)50-38)49-31-7-10-33(11-8-31)54-24-22-53(23-25-54)28-29-16-20-55(21-17-29)37-13-9-32(26-35(37)46)48-36-12-15-39(58)51-42(36)59/h3,6-11,13-14,26-27,29,36,48,61H,1,4-5,12,15-25,28H2,2H3,(H,47,49,52)(H,51,58,59)/t36?,45-/m1/s1. The summed E-state index contributed by atoms with van der Waals surface area (Å²) >= 11 is 0. The maximum atomic E-state index is 15.2. The number of nitrogens with one attached hydrogen (secondary N) is 3. The van der Waals surface area contributed by atoms with Crippen LogP contribution in [0.1, 0.15) is 56.7 Å². The van der Waals surface area contributed by atoms with Crippen LogP contribution in [0.2, 0.25) is 0 Å². The summed E-state index contributed by atoms with van der Waals surface area (Å²) in [5.41, 5.74) is 3.81. The van der Waals surface area contributed by atoms with E-state index in [9.17, 15) is 19.5 Å². The van der Waals surface area contributed by atoms with E-state index in [2.05, 4.69) is 54.3 Å². The van der Waals surface area contributed by atoms with Crippen LogP contribution in [-0.4, -0.2) is 98.0 Å². The molecule has 4 N–H and O–H groups in total. The number of aromatic nitrogens is 5. The average Bonchev–Trinajstić information content (AvgIpc) is 3.52. The van der Waals surface area contributed by atoms with Gasteiger partial charge in [0.05, 0.1) is 17.9 Å². The molecule has 6 heterocycles. The van der Waals surface area contributed by atoms with Crippen molar-refractivity contribution in [3.05, 3.63) is 101 Å². The van der Waals surface area contributed by atoms with Gasteiger partial charge in [-0.2, -0.15) is 4.98 Å². The molecular formula is C45H52FN11O4. The van der Waals surface area contributed by atoms with Gasteiger partial charge in [0.1, 0.15) is 22.8 Å². The number of carbonyl (C=O) groups is 2. The summed E-state index contributed by atoms with van der Waals surface area (Å²) in [6.07, 6.45) is 8.19. The fraction of sp³-hybridized carbons (Fsp3) is 0.422. The van der Waals surface area contributed by atoms with Crippen molar-refractivity contribution < 1.29 is 19.1 Å². The third-order valence-electron chi connectivity index (χ3n) is 12.6. The molecule has 3 saturated heterocycles. The molecule has 61 heavy (non-hydrogen) atoms. The molecular weight excluding hydrogens is 778 g/mol. The molecule has 4 aliphatic rings. The van der Waals surface area contributed by atoms with E-state index in [1.165, 1.54) is 10.7 Å². The molecule has 3 fully saturated rings. The van der Waals surface area contributed by atoms with E-state index >= 15 is 4.39 Å². The van der Waals surface area contributed by atoms with Crippen molar-refractivity contribution in [2.24, 2.45) is 5.92 Å². The van der Waals surface area contributed by atoms with Crippen LogP contribution in [0, 0.1) is 11.7 Å². The predicted octanol–water partition coefficient (Wildman–Crippen LogP) is 4.85. The van der Waals surface area contributed by atoms with Crippen LogP contribution >= 0.6 is 0 Å². The number of hydrogen-bond donors (Lipinski definition) is 4. The molecule has 5 aromatic rings. The number of imide groups is 1. The third-order valence-corrected chi connectivity index (χ3v) is 12.6. The summed E-state index contributed by atoms with van der Waals surface area (Å²) in [4.78, 5) is 58.3. The first kappa shape index (κ1) is 40.3. The van der Waals surface area contributed by atoms with Crippen molar-refractivity contribution in [1.82, 2.24) is 34.5 Å². The maximum Gasteiger partial charge on any atom is 0.278 e. The van der Waals surface area contributed by atoms with Gasteiger partial charge in [0.2, 0.25) is 17.8 Å². The van der Waals surface area contributed by atoms with E-state index in [1.54, 1.807) is 36.0 Å². The van der Waals surface area contributed by atoms with E-state index in [4.69, 9.17) is 9.97 Å². The molecule has 2 aromatic carbocycles. The largest absolute Gasteiger partial charge is 0.384 e. The van der Waals surface area contributed by atoms with Crippen molar-refractivity contribution in [1.29, 1.82) is 0 Å². The number of benzene rings is 2. The lowest BCUT2D eigenvalue weighted by Crippen LogP contribution is -2.49. The van der Waals surface area contributed by atoms with Crippen molar-refractivity contribution in [2.75, 3.05) is 66.2 Å². The molecule has 1 aliphatic carbocycles. The first-order chi connectivity index (χ1) is 29.5. The number of piperidine rings is 2. The number of piperazine rings is 1. The van der Waals surface area contributed by atoms with Gasteiger partial charge in [0.25, 0.3) is 5.56 Å². The van der Waals surface area contributed by atoms with Gasteiger partial charge in [-0.05, 0) is 105 Å². The molecule has 0 radical (unpaired) electrons. The van der Waals surface area contributed by atoms with Gasteiger partial charge in [0.15, 0.2) is 11.5 Å². The van der Waals surface area contributed by atoms with E-state index < -0.39 is 11.6 Å². The number of fused-ring (bicyclic) bond motifs is 2. The highest BCUT2D eigenvalue weighted by atomic mass is 19.1. The molecule has 0 saturated carbocycles. The quantitative estimate of drug-likeness (QED) is 0.106. The maximum absolute atomic E-state index is 15.2. The van der Waals surface area contributed by atoms with Gasteiger partial charge in [-0.1, -0.05) is 12.1 Å². The number of carbonyl (C=O) groups excluding carboxylic acids is 2. The van der Waals surface area contributed by atoms with Gasteiger partial charge in [0, 0.05) is 75.5 Å². The van der Waals surface area contributed by atoms with E-state index in [-0.39, 0.29) is 36.2 Å². The second kappa shape index (κ2) is 16.7. The van der Waals surface area contributed by atoms with Crippen LogP contribution < -0.4 is 31.3 Å². The molecule has 0 spiro atoms. The molecule has 15 nitrogen and oxygen atoms in total. The minimum absolute atomic E-state index is 0.248. The number of amides is 2. The van der Waals surface area contributed by atoms with Crippen LogP contribution in [0.3, 0.4) is 0 Å². The first-order valence-electron chi connectivity index (χ1n) is 21.3. The highest BCUT2D eigenvalue weighted by molar-refractivity contribution is 6.01. The second-order valence-electron chi connectivity index (χ2n) is 16.9. The summed E-state index contributed by atoms with van der Waals surface area (Å²) in [6.45, 7) is 12.3. The lowest BCUT2D eigenvalue weighted by molar-refractivity contribution is -0.133. The van der Waals surface area contributed by atoms with Crippen LogP contribution in [0.25, 0.3) is 16.9 Å². The number of allylic oxidation sites excluding steroid dienone is 1. The van der Waals surface area contributed by atoms with Gasteiger partial charge >= 0.3 is 0 Å². The monoisotopic (exact) mass is 829 g/mol. The lowest BCUT2D eigenvalue weighted by atomic mass is 9.84. The Morgan fingerprint density at radius 1 is 0.934 bits per heavy atom. The van der Waals surface area contributed by atoms with Gasteiger partial charge in [-0.3, -0.25) is 24.6 Å². The number of hydrogen-bond acceptors (Lipinski definition) is 12. The second-order valence-corrected chi connectivity index (χ2v) is 16.9. The predicted molar refractivity (Wildman–Crippen MR) is 233 cm³/mol. The molecule has 3 aliphatic heterocycles. The Labute approximate surface area is 353 Å². The Balaban J connectivity index is 0.785. The molecule has 0 bridgehead atoms. The van der Waals surface area contributed by atoms with Crippen molar-refractivity contribution in [3.8, 4) is 5.82 Å². The number of aliphatic hydroxyl groups is 1. The van der Waals surface area contributed by atoms with Crippen LogP contribution in [0.5, 0.6) is 0 Å². The number of rotatable bonds is 11. The smallest absolute Gasteiger partial charge is 0.278 e.